The number of halogens is 2. The summed E-state index contributed by atoms with van der Waals surface area (Å²) in [5.41, 5.74) is 1.07. The molecule has 0 fully saturated rings. The van der Waals surface area contributed by atoms with Crippen molar-refractivity contribution < 1.29 is 0 Å². The summed E-state index contributed by atoms with van der Waals surface area (Å²) >= 11 is 5.49. The lowest BCUT2D eigenvalue weighted by atomic mass is 10.2. The molecular weight excluding hydrogens is 329 g/mol. The van der Waals surface area contributed by atoms with E-state index < -0.39 is 0 Å². The zero-order valence-corrected chi connectivity index (χ0v) is 9.83. The molecule has 0 saturated heterocycles. The average molecular weight is 334 g/mol. The summed E-state index contributed by atoms with van der Waals surface area (Å²) in [7, 11) is 0. The van der Waals surface area contributed by atoms with Crippen molar-refractivity contribution in [1.29, 1.82) is 5.26 Å². The van der Waals surface area contributed by atoms with Crippen LogP contribution in [-0.2, 0) is 0 Å². The van der Waals surface area contributed by atoms with Crippen molar-refractivity contribution in [3.8, 4) is 6.07 Å². The SMILES string of the molecule is N#C/C=C(\I)c1ccc(Br)cc1. The van der Waals surface area contributed by atoms with Gasteiger partial charge in [-0.25, -0.2) is 0 Å². The van der Waals surface area contributed by atoms with Gasteiger partial charge >= 0.3 is 0 Å². The predicted molar refractivity (Wildman–Crippen MR) is 61.8 cm³/mol. The van der Waals surface area contributed by atoms with Gasteiger partial charge in [0.05, 0.1) is 6.07 Å². The Morgan fingerprint density at radius 3 is 2.50 bits per heavy atom. The fourth-order valence-electron chi connectivity index (χ4n) is 0.749. The van der Waals surface area contributed by atoms with Gasteiger partial charge in [0.2, 0.25) is 0 Å². The lowest BCUT2D eigenvalue weighted by Crippen LogP contribution is -1.74. The zero-order chi connectivity index (χ0) is 8.97. The summed E-state index contributed by atoms with van der Waals surface area (Å²) in [4.78, 5) is 0. The average Bonchev–Trinajstić information content (AvgIpc) is 2.06. The largest absolute Gasteiger partial charge is 0.193 e. The Bertz CT molecular complexity index is 335. The molecule has 0 aliphatic heterocycles. The number of nitriles is 1. The van der Waals surface area contributed by atoms with Gasteiger partial charge in [-0.2, -0.15) is 5.26 Å². The Morgan fingerprint density at radius 2 is 2.00 bits per heavy atom. The molecule has 0 atom stereocenters. The van der Waals surface area contributed by atoms with Gasteiger partial charge in [0.25, 0.3) is 0 Å². The van der Waals surface area contributed by atoms with E-state index >= 15 is 0 Å². The molecular formula is C9H5BrIN. The number of hydrogen-bond donors (Lipinski definition) is 0. The van der Waals surface area contributed by atoms with E-state index in [1.165, 1.54) is 6.08 Å². The van der Waals surface area contributed by atoms with Crippen molar-refractivity contribution in [1.82, 2.24) is 0 Å². The molecule has 0 unspecified atom stereocenters. The van der Waals surface area contributed by atoms with Gasteiger partial charge in [0.1, 0.15) is 0 Å². The van der Waals surface area contributed by atoms with Crippen molar-refractivity contribution in [2.45, 2.75) is 0 Å². The highest BCUT2D eigenvalue weighted by Crippen LogP contribution is 2.22. The quantitative estimate of drug-likeness (QED) is 0.567. The first-order valence-electron chi connectivity index (χ1n) is 3.25. The van der Waals surface area contributed by atoms with E-state index in [2.05, 4.69) is 38.5 Å². The van der Waals surface area contributed by atoms with Crippen LogP contribution in [0.5, 0.6) is 0 Å². The molecule has 0 radical (unpaired) electrons. The molecule has 1 aromatic carbocycles. The van der Waals surface area contributed by atoms with Gasteiger partial charge in [-0.1, -0.05) is 28.1 Å². The molecule has 0 bridgehead atoms. The monoisotopic (exact) mass is 333 g/mol. The molecule has 0 N–H and O–H groups in total. The Kier molecular flexibility index (Phi) is 3.76. The number of allylic oxidation sites excluding steroid dienone is 1. The second-order valence-corrected chi connectivity index (χ2v) is 4.21. The van der Waals surface area contributed by atoms with Gasteiger partial charge in [-0.05, 0) is 40.3 Å². The number of benzene rings is 1. The first kappa shape index (κ1) is 9.75. The summed E-state index contributed by atoms with van der Waals surface area (Å²) in [5.74, 6) is 0. The van der Waals surface area contributed by atoms with Crippen LogP contribution in [0.15, 0.2) is 34.8 Å². The smallest absolute Gasteiger partial charge is 0.0923 e. The van der Waals surface area contributed by atoms with Gasteiger partial charge in [-0.3, -0.25) is 0 Å². The van der Waals surface area contributed by atoms with E-state index in [-0.39, 0.29) is 0 Å². The minimum absolute atomic E-state index is 0.961. The fourth-order valence-corrected chi connectivity index (χ4v) is 1.51. The normalized spacial score (nSPS) is 10.9. The van der Waals surface area contributed by atoms with Crippen LogP contribution in [-0.4, -0.2) is 0 Å². The van der Waals surface area contributed by atoms with Crippen LogP contribution in [0.2, 0.25) is 0 Å². The molecule has 0 aromatic heterocycles. The van der Waals surface area contributed by atoms with Crippen LogP contribution in [0.4, 0.5) is 0 Å². The standard InChI is InChI=1S/C9H5BrIN/c10-8-3-1-7(2-4-8)9(11)5-6-12/h1-5H/b9-5-. The molecule has 12 heavy (non-hydrogen) atoms. The van der Waals surface area contributed by atoms with Crippen molar-refractivity contribution in [3.63, 3.8) is 0 Å². The molecule has 0 aliphatic rings. The highest BCUT2D eigenvalue weighted by atomic mass is 127. The third-order valence-corrected chi connectivity index (χ3v) is 2.77. The van der Waals surface area contributed by atoms with Crippen molar-refractivity contribution >= 4 is 42.1 Å². The Morgan fingerprint density at radius 1 is 1.42 bits per heavy atom. The van der Waals surface area contributed by atoms with Gasteiger partial charge in [0.15, 0.2) is 0 Å². The number of hydrogen-bond acceptors (Lipinski definition) is 1. The van der Waals surface area contributed by atoms with Crippen molar-refractivity contribution in [3.05, 3.63) is 40.4 Å². The topological polar surface area (TPSA) is 23.8 Å². The van der Waals surface area contributed by atoms with Crippen LogP contribution in [0.25, 0.3) is 3.58 Å². The van der Waals surface area contributed by atoms with E-state index in [9.17, 15) is 0 Å². The Balaban J connectivity index is 2.99. The predicted octanol–water partition coefficient (Wildman–Crippen LogP) is 3.75. The highest BCUT2D eigenvalue weighted by Gasteiger charge is 1.95. The van der Waals surface area contributed by atoms with E-state index in [4.69, 9.17) is 5.26 Å². The van der Waals surface area contributed by atoms with Gasteiger partial charge in [0, 0.05) is 14.1 Å². The lowest BCUT2D eigenvalue weighted by Gasteiger charge is -1.96. The van der Waals surface area contributed by atoms with E-state index in [1.807, 2.05) is 30.3 Å². The summed E-state index contributed by atoms with van der Waals surface area (Å²) in [6.07, 6.45) is 1.53. The third-order valence-electron chi connectivity index (χ3n) is 1.31. The lowest BCUT2D eigenvalue weighted by molar-refractivity contribution is 1.53. The van der Waals surface area contributed by atoms with Crippen molar-refractivity contribution in [2.24, 2.45) is 0 Å². The van der Waals surface area contributed by atoms with E-state index in [0.717, 1.165) is 13.6 Å². The summed E-state index contributed by atoms with van der Waals surface area (Å²) in [6, 6.07) is 9.86. The molecule has 60 valence electrons. The van der Waals surface area contributed by atoms with Gasteiger partial charge < -0.3 is 0 Å². The summed E-state index contributed by atoms with van der Waals surface area (Å²) < 4.78 is 2.01. The minimum Gasteiger partial charge on any atom is -0.193 e. The van der Waals surface area contributed by atoms with Crippen LogP contribution in [0, 0.1) is 11.3 Å². The zero-order valence-electron chi connectivity index (χ0n) is 6.09. The molecule has 0 saturated carbocycles. The molecule has 1 aromatic rings. The number of nitrogens with zero attached hydrogens (tertiary/aromatic N) is 1. The molecule has 0 aliphatic carbocycles. The maximum Gasteiger partial charge on any atom is 0.0923 e. The Labute approximate surface area is 93.4 Å². The maximum absolute atomic E-state index is 8.41. The van der Waals surface area contributed by atoms with Crippen LogP contribution >= 0.6 is 38.5 Å². The van der Waals surface area contributed by atoms with Crippen LogP contribution in [0.1, 0.15) is 5.56 Å². The maximum atomic E-state index is 8.41. The summed E-state index contributed by atoms with van der Waals surface area (Å²) in [6.45, 7) is 0. The molecule has 0 spiro atoms. The van der Waals surface area contributed by atoms with Crippen LogP contribution in [0.3, 0.4) is 0 Å². The van der Waals surface area contributed by atoms with Gasteiger partial charge in [-0.15, -0.1) is 0 Å². The Hall–Kier alpha value is -0.340. The second kappa shape index (κ2) is 4.63. The minimum atomic E-state index is 0.961. The van der Waals surface area contributed by atoms with Crippen molar-refractivity contribution in [2.75, 3.05) is 0 Å². The van der Waals surface area contributed by atoms with E-state index in [0.29, 0.717) is 0 Å². The first-order valence-corrected chi connectivity index (χ1v) is 5.12. The first-order chi connectivity index (χ1) is 5.74. The number of rotatable bonds is 1. The molecule has 1 nitrogen and oxygen atoms in total. The second-order valence-electron chi connectivity index (χ2n) is 2.13. The molecule has 0 heterocycles. The van der Waals surface area contributed by atoms with Crippen LogP contribution < -0.4 is 0 Å². The molecule has 0 amide bonds. The summed E-state index contributed by atoms with van der Waals surface area (Å²) in [5, 5.41) is 8.41. The van der Waals surface area contributed by atoms with E-state index in [1.54, 1.807) is 0 Å². The molecule has 1 rings (SSSR count). The molecule has 3 heteroatoms. The highest BCUT2D eigenvalue weighted by molar-refractivity contribution is 14.1. The third kappa shape index (κ3) is 2.61. The fraction of sp³-hybridized carbons (Fsp3) is 0.